The molecule has 2 nitrogen and oxygen atoms in total. The van der Waals surface area contributed by atoms with Gasteiger partial charge < -0.3 is 10.6 Å². The van der Waals surface area contributed by atoms with Gasteiger partial charge in [-0.25, -0.2) is 0 Å². The van der Waals surface area contributed by atoms with Crippen LogP contribution < -0.4 is 10.6 Å². The Morgan fingerprint density at radius 1 is 0.500 bits per heavy atom. The van der Waals surface area contributed by atoms with E-state index in [0.29, 0.717) is 0 Å². The summed E-state index contributed by atoms with van der Waals surface area (Å²) in [4.78, 5) is 0. The summed E-state index contributed by atoms with van der Waals surface area (Å²) in [6, 6.07) is 29.7. The van der Waals surface area contributed by atoms with Crippen LogP contribution in [0.2, 0.25) is 0 Å². The minimum atomic E-state index is 1.07. The Hall–Kier alpha value is -3.26. The fourth-order valence-electron chi connectivity index (χ4n) is 3.20. The number of nitrogens with one attached hydrogen (secondary N) is 2. The Bertz CT molecular complexity index is 980. The first-order chi connectivity index (χ1) is 12.7. The predicted octanol–water partition coefficient (Wildman–Crippen LogP) is 6.94. The minimum absolute atomic E-state index is 1.07. The van der Waals surface area contributed by atoms with Gasteiger partial charge in [0.1, 0.15) is 0 Å². The average molecular weight is 338 g/mol. The maximum atomic E-state index is 3.58. The molecule has 0 bridgehead atoms. The first kappa shape index (κ1) is 16.2. The van der Waals surface area contributed by atoms with Crippen molar-refractivity contribution in [3.63, 3.8) is 0 Å². The maximum Gasteiger partial charge on any atom is 0.0629 e. The van der Waals surface area contributed by atoms with Crippen molar-refractivity contribution in [2.75, 3.05) is 10.6 Å². The molecule has 4 aromatic rings. The number of rotatable bonds is 4. The number of fused-ring (bicyclic) bond motifs is 1. The molecule has 0 atom stereocenters. The number of hydrogen-bond donors (Lipinski definition) is 2. The van der Waals surface area contributed by atoms with Gasteiger partial charge in [0.05, 0.1) is 11.4 Å². The molecule has 0 heterocycles. The summed E-state index contributed by atoms with van der Waals surface area (Å²) in [5.74, 6) is 0. The van der Waals surface area contributed by atoms with Gasteiger partial charge in [0, 0.05) is 11.4 Å². The van der Waals surface area contributed by atoms with E-state index in [1.807, 2.05) is 0 Å². The first-order valence-electron chi connectivity index (χ1n) is 8.87. The van der Waals surface area contributed by atoms with Gasteiger partial charge in [-0.2, -0.15) is 0 Å². The van der Waals surface area contributed by atoms with Gasteiger partial charge >= 0.3 is 0 Å². The lowest BCUT2D eigenvalue weighted by molar-refractivity contribution is 1.43. The fourth-order valence-corrected chi connectivity index (χ4v) is 3.20. The van der Waals surface area contributed by atoms with Crippen LogP contribution >= 0.6 is 0 Å². The lowest BCUT2D eigenvalue weighted by atomic mass is 10.1. The third kappa shape index (κ3) is 3.55. The van der Waals surface area contributed by atoms with E-state index in [1.54, 1.807) is 0 Å². The number of anilines is 4. The van der Waals surface area contributed by atoms with Crippen LogP contribution in [0.3, 0.4) is 0 Å². The summed E-state index contributed by atoms with van der Waals surface area (Å²) in [6.45, 7) is 4.22. The van der Waals surface area contributed by atoms with Gasteiger partial charge in [0.2, 0.25) is 0 Å². The first-order valence-corrected chi connectivity index (χ1v) is 8.87. The second-order valence-electron chi connectivity index (χ2n) is 6.73. The molecular formula is C24H22N2. The van der Waals surface area contributed by atoms with Crippen molar-refractivity contribution in [3.05, 3.63) is 96.1 Å². The molecule has 0 saturated carbocycles. The van der Waals surface area contributed by atoms with Gasteiger partial charge in [-0.1, -0.05) is 48.5 Å². The Morgan fingerprint density at radius 2 is 0.962 bits per heavy atom. The molecule has 0 aliphatic rings. The van der Waals surface area contributed by atoms with Crippen LogP contribution in [0.5, 0.6) is 0 Å². The van der Waals surface area contributed by atoms with Gasteiger partial charge in [0.25, 0.3) is 0 Å². The predicted molar refractivity (Wildman–Crippen MR) is 113 cm³/mol. The summed E-state index contributed by atoms with van der Waals surface area (Å²) in [6.07, 6.45) is 0. The molecule has 128 valence electrons. The molecule has 0 aliphatic heterocycles. The molecule has 4 rings (SSSR count). The highest BCUT2D eigenvalue weighted by Crippen LogP contribution is 2.33. The molecule has 0 aromatic heterocycles. The molecule has 0 fully saturated rings. The van der Waals surface area contributed by atoms with E-state index in [2.05, 4.69) is 109 Å². The van der Waals surface area contributed by atoms with Crippen molar-refractivity contribution in [2.24, 2.45) is 0 Å². The van der Waals surface area contributed by atoms with E-state index in [4.69, 9.17) is 0 Å². The Morgan fingerprint density at radius 3 is 1.38 bits per heavy atom. The summed E-state index contributed by atoms with van der Waals surface area (Å²) in [5, 5.41) is 9.60. The molecule has 26 heavy (non-hydrogen) atoms. The van der Waals surface area contributed by atoms with E-state index < -0.39 is 0 Å². The Balaban J connectivity index is 1.78. The zero-order valence-electron chi connectivity index (χ0n) is 15.1. The highest BCUT2D eigenvalue weighted by atomic mass is 15.0. The van der Waals surface area contributed by atoms with Gasteiger partial charge in [-0.05, 0) is 72.1 Å². The average Bonchev–Trinajstić information content (AvgIpc) is 2.62. The van der Waals surface area contributed by atoms with Crippen molar-refractivity contribution in [1.29, 1.82) is 0 Å². The Kier molecular flexibility index (Phi) is 4.32. The molecule has 0 unspecified atom stereocenters. The summed E-state index contributed by atoms with van der Waals surface area (Å²) < 4.78 is 0. The second-order valence-corrected chi connectivity index (χ2v) is 6.73. The molecule has 0 saturated heterocycles. The summed E-state index contributed by atoms with van der Waals surface area (Å²) >= 11 is 0. The van der Waals surface area contributed by atoms with Crippen molar-refractivity contribution >= 4 is 33.5 Å². The lowest BCUT2D eigenvalue weighted by Gasteiger charge is -2.16. The SMILES string of the molecule is Cc1cccc(Nc2cc3ccccc3cc2Nc2cccc(C)c2)c1. The quantitative estimate of drug-likeness (QED) is 0.421. The molecule has 0 spiro atoms. The Labute approximate surface area is 154 Å². The maximum absolute atomic E-state index is 3.58. The molecule has 4 aromatic carbocycles. The van der Waals surface area contributed by atoms with E-state index >= 15 is 0 Å². The lowest BCUT2D eigenvalue weighted by Crippen LogP contribution is -1.98. The van der Waals surface area contributed by atoms with Crippen molar-refractivity contribution in [3.8, 4) is 0 Å². The molecule has 0 aliphatic carbocycles. The normalized spacial score (nSPS) is 10.7. The number of benzene rings is 4. The molecule has 0 radical (unpaired) electrons. The van der Waals surface area contributed by atoms with Crippen LogP contribution in [-0.4, -0.2) is 0 Å². The van der Waals surface area contributed by atoms with Crippen LogP contribution in [-0.2, 0) is 0 Å². The van der Waals surface area contributed by atoms with Crippen LogP contribution in [0, 0.1) is 13.8 Å². The second kappa shape index (κ2) is 6.93. The van der Waals surface area contributed by atoms with Gasteiger partial charge in [0.15, 0.2) is 0 Å². The van der Waals surface area contributed by atoms with Crippen molar-refractivity contribution in [1.82, 2.24) is 0 Å². The topological polar surface area (TPSA) is 24.1 Å². The van der Waals surface area contributed by atoms with E-state index in [0.717, 1.165) is 22.7 Å². The van der Waals surface area contributed by atoms with Crippen LogP contribution in [0.4, 0.5) is 22.7 Å². The monoisotopic (exact) mass is 338 g/mol. The number of aryl methyl sites for hydroxylation is 2. The van der Waals surface area contributed by atoms with Crippen molar-refractivity contribution < 1.29 is 0 Å². The highest BCUT2D eigenvalue weighted by Gasteiger charge is 2.07. The van der Waals surface area contributed by atoms with Crippen LogP contribution in [0.25, 0.3) is 10.8 Å². The summed E-state index contributed by atoms with van der Waals surface area (Å²) in [5.41, 5.74) is 6.79. The van der Waals surface area contributed by atoms with Gasteiger partial charge in [-0.3, -0.25) is 0 Å². The zero-order chi connectivity index (χ0) is 17.9. The largest absolute Gasteiger partial charge is 0.354 e. The van der Waals surface area contributed by atoms with Crippen molar-refractivity contribution in [2.45, 2.75) is 13.8 Å². The number of hydrogen-bond acceptors (Lipinski definition) is 2. The third-order valence-electron chi connectivity index (χ3n) is 4.48. The third-order valence-corrected chi connectivity index (χ3v) is 4.48. The van der Waals surface area contributed by atoms with Crippen LogP contribution in [0.1, 0.15) is 11.1 Å². The molecule has 2 N–H and O–H groups in total. The zero-order valence-corrected chi connectivity index (χ0v) is 15.1. The van der Waals surface area contributed by atoms with E-state index in [9.17, 15) is 0 Å². The molecular weight excluding hydrogens is 316 g/mol. The van der Waals surface area contributed by atoms with E-state index in [1.165, 1.54) is 21.9 Å². The smallest absolute Gasteiger partial charge is 0.0629 e. The fraction of sp³-hybridized carbons (Fsp3) is 0.0833. The highest BCUT2D eigenvalue weighted by molar-refractivity contribution is 5.94. The summed E-state index contributed by atoms with van der Waals surface area (Å²) in [7, 11) is 0. The van der Waals surface area contributed by atoms with E-state index in [-0.39, 0.29) is 0 Å². The van der Waals surface area contributed by atoms with Gasteiger partial charge in [-0.15, -0.1) is 0 Å². The standard InChI is InChI=1S/C24H22N2/c1-17-7-5-11-21(13-17)25-23-15-19-9-3-4-10-20(19)16-24(23)26-22-12-6-8-18(2)14-22/h3-16,25-26H,1-2H3. The minimum Gasteiger partial charge on any atom is -0.354 e. The van der Waals surface area contributed by atoms with Crippen LogP contribution in [0.15, 0.2) is 84.9 Å². The molecule has 0 amide bonds. The molecule has 2 heteroatoms.